The van der Waals surface area contributed by atoms with Crippen LogP contribution in [0, 0.1) is 0 Å². The average molecular weight is 415 g/mol. The lowest BCUT2D eigenvalue weighted by molar-refractivity contribution is 0.102. The standard InChI is InChI=1S/C19H17N3O6S/c1-11(2)29(24,25)14-5-3-4-13(8-14)18-21-22-19(28-18)20-17(23)12-6-7-15-16(9-12)27-10-26-15/h3-9,11H,10H2,1-2H3,(H,20,22,23). The molecule has 3 aromatic rings. The third kappa shape index (κ3) is 3.66. The number of rotatable bonds is 5. The third-order valence-corrected chi connectivity index (χ3v) is 6.46. The molecule has 2 aromatic carbocycles. The second-order valence-corrected chi connectivity index (χ2v) is 9.06. The minimum absolute atomic E-state index is 0.0896. The van der Waals surface area contributed by atoms with E-state index >= 15 is 0 Å². The van der Waals surface area contributed by atoms with Gasteiger partial charge in [0.25, 0.3) is 5.91 Å². The molecule has 0 unspecified atom stereocenters. The van der Waals surface area contributed by atoms with E-state index in [9.17, 15) is 13.2 Å². The molecular weight excluding hydrogens is 398 g/mol. The maximum Gasteiger partial charge on any atom is 0.322 e. The van der Waals surface area contributed by atoms with Crippen LogP contribution in [0.1, 0.15) is 24.2 Å². The Morgan fingerprint density at radius 3 is 2.66 bits per heavy atom. The van der Waals surface area contributed by atoms with Crippen molar-refractivity contribution >= 4 is 21.8 Å². The number of hydrogen-bond acceptors (Lipinski definition) is 8. The first kappa shape index (κ1) is 18.9. The van der Waals surface area contributed by atoms with E-state index in [0.29, 0.717) is 22.6 Å². The Bertz CT molecular complexity index is 1190. The first-order valence-electron chi connectivity index (χ1n) is 8.73. The van der Waals surface area contributed by atoms with Crippen molar-refractivity contribution in [2.24, 2.45) is 0 Å². The molecule has 1 aromatic heterocycles. The lowest BCUT2D eigenvalue weighted by atomic mass is 10.2. The largest absolute Gasteiger partial charge is 0.454 e. The van der Waals surface area contributed by atoms with Crippen LogP contribution in [0.5, 0.6) is 11.5 Å². The van der Waals surface area contributed by atoms with E-state index in [-0.39, 0.29) is 23.6 Å². The van der Waals surface area contributed by atoms with Gasteiger partial charge in [-0.1, -0.05) is 11.2 Å². The van der Waals surface area contributed by atoms with Gasteiger partial charge < -0.3 is 13.9 Å². The molecule has 2 heterocycles. The average Bonchev–Trinajstić information content (AvgIpc) is 3.36. The fraction of sp³-hybridized carbons (Fsp3) is 0.211. The summed E-state index contributed by atoms with van der Waals surface area (Å²) in [6.07, 6.45) is 0. The van der Waals surface area contributed by atoms with E-state index in [0.717, 1.165) is 0 Å². The molecule has 10 heteroatoms. The van der Waals surface area contributed by atoms with Gasteiger partial charge in [0, 0.05) is 11.1 Å². The minimum atomic E-state index is -3.44. The van der Waals surface area contributed by atoms with Crippen molar-refractivity contribution in [3.8, 4) is 23.0 Å². The van der Waals surface area contributed by atoms with Gasteiger partial charge in [0.15, 0.2) is 21.3 Å². The number of nitrogens with zero attached hydrogens (tertiary/aromatic N) is 2. The van der Waals surface area contributed by atoms with E-state index in [2.05, 4.69) is 15.5 Å². The van der Waals surface area contributed by atoms with Crippen molar-refractivity contribution in [3.05, 3.63) is 48.0 Å². The molecular formula is C19H17N3O6S. The van der Waals surface area contributed by atoms with Crippen molar-refractivity contribution in [3.63, 3.8) is 0 Å². The van der Waals surface area contributed by atoms with Gasteiger partial charge in [0.2, 0.25) is 12.7 Å². The van der Waals surface area contributed by atoms with Gasteiger partial charge in [0.05, 0.1) is 10.1 Å². The van der Waals surface area contributed by atoms with E-state index in [1.54, 1.807) is 44.2 Å². The highest BCUT2D eigenvalue weighted by Gasteiger charge is 2.21. The number of sulfone groups is 1. The molecule has 0 saturated carbocycles. The summed E-state index contributed by atoms with van der Waals surface area (Å²) < 4.78 is 40.7. The van der Waals surface area contributed by atoms with Gasteiger partial charge in [0.1, 0.15) is 0 Å². The van der Waals surface area contributed by atoms with Crippen LogP contribution in [0.2, 0.25) is 0 Å². The van der Waals surface area contributed by atoms with Gasteiger partial charge in [-0.3, -0.25) is 10.1 Å². The summed E-state index contributed by atoms with van der Waals surface area (Å²) in [6.45, 7) is 3.33. The number of aromatic nitrogens is 2. The molecule has 0 bridgehead atoms. The topological polar surface area (TPSA) is 121 Å². The van der Waals surface area contributed by atoms with Crippen molar-refractivity contribution in [2.75, 3.05) is 12.1 Å². The molecule has 150 valence electrons. The summed E-state index contributed by atoms with van der Waals surface area (Å²) in [5.74, 6) is 0.673. The van der Waals surface area contributed by atoms with Gasteiger partial charge >= 0.3 is 6.01 Å². The van der Waals surface area contributed by atoms with Crippen molar-refractivity contribution < 1.29 is 27.1 Å². The van der Waals surface area contributed by atoms with E-state index in [1.165, 1.54) is 12.1 Å². The summed E-state index contributed by atoms with van der Waals surface area (Å²) in [5.41, 5.74) is 0.766. The molecule has 0 saturated heterocycles. The molecule has 1 N–H and O–H groups in total. The number of benzene rings is 2. The molecule has 1 aliphatic rings. The predicted molar refractivity (Wildman–Crippen MR) is 103 cm³/mol. The lowest BCUT2D eigenvalue weighted by Crippen LogP contribution is -2.13. The van der Waals surface area contributed by atoms with Crippen LogP contribution in [-0.2, 0) is 9.84 Å². The normalized spacial score (nSPS) is 12.9. The molecule has 0 atom stereocenters. The zero-order chi connectivity index (χ0) is 20.6. The van der Waals surface area contributed by atoms with E-state index < -0.39 is 21.0 Å². The summed E-state index contributed by atoms with van der Waals surface area (Å²) in [6, 6.07) is 10.9. The van der Waals surface area contributed by atoms with Gasteiger partial charge in [-0.2, -0.15) is 0 Å². The Kier molecular flexibility index (Phi) is 4.71. The molecule has 0 aliphatic carbocycles. The molecule has 1 aliphatic heterocycles. The van der Waals surface area contributed by atoms with Gasteiger partial charge in [-0.05, 0) is 50.2 Å². The minimum Gasteiger partial charge on any atom is -0.454 e. The predicted octanol–water partition coefficient (Wildman–Crippen LogP) is 2.90. The summed E-state index contributed by atoms with van der Waals surface area (Å²) >= 11 is 0. The quantitative estimate of drug-likeness (QED) is 0.675. The third-order valence-electron chi connectivity index (χ3n) is 4.31. The van der Waals surface area contributed by atoms with Gasteiger partial charge in [-0.15, -0.1) is 5.10 Å². The number of carbonyl (C=O) groups excluding carboxylic acids is 1. The van der Waals surface area contributed by atoms with Gasteiger partial charge in [-0.25, -0.2) is 8.42 Å². The number of anilines is 1. The van der Waals surface area contributed by atoms with Crippen LogP contribution in [0.3, 0.4) is 0 Å². The summed E-state index contributed by atoms with van der Waals surface area (Å²) in [7, 11) is -3.44. The second-order valence-electron chi connectivity index (χ2n) is 6.56. The van der Waals surface area contributed by atoms with Crippen molar-refractivity contribution in [1.29, 1.82) is 0 Å². The van der Waals surface area contributed by atoms with E-state index in [4.69, 9.17) is 13.9 Å². The first-order valence-corrected chi connectivity index (χ1v) is 10.3. The number of fused-ring (bicyclic) bond motifs is 1. The zero-order valence-corrected chi connectivity index (χ0v) is 16.4. The molecule has 0 radical (unpaired) electrons. The maximum absolute atomic E-state index is 12.4. The summed E-state index contributed by atoms with van der Waals surface area (Å²) in [4.78, 5) is 12.6. The highest BCUT2D eigenvalue weighted by atomic mass is 32.2. The van der Waals surface area contributed by atoms with Crippen LogP contribution in [-0.4, -0.2) is 36.6 Å². The van der Waals surface area contributed by atoms with Crippen LogP contribution in [0.15, 0.2) is 51.8 Å². The van der Waals surface area contributed by atoms with E-state index in [1.807, 2.05) is 0 Å². The smallest absolute Gasteiger partial charge is 0.322 e. The van der Waals surface area contributed by atoms with Crippen molar-refractivity contribution in [1.82, 2.24) is 10.2 Å². The SMILES string of the molecule is CC(C)S(=O)(=O)c1cccc(-c2nnc(NC(=O)c3ccc4c(c3)OCO4)o2)c1. The van der Waals surface area contributed by atoms with Crippen LogP contribution in [0.25, 0.3) is 11.5 Å². The van der Waals surface area contributed by atoms with Crippen LogP contribution in [0.4, 0.5) is 6.01 Å². The number of amides is 1. The number of ether oxygens (including phenoxy) is 2. The van der Waals surface area contributed by atoms with Crippen molar-refractivity contribution in [2.45, 2.75) is 24.0 Å². The second kappa shape index (κ2) is 7.21. The fourth-order valence-electron chi connectivity index (χ4n) is 2.68. The Balaban J connectivity index is 1.54. The number of hydrogen-bond donors (Lipinski definition) is 1. The monoisotopic (exact) mass is 415 g/mol. The zero-order valence-electron chi connectivity index (χ0n) is 15.6. The maximum atomic E-state index is 12.4. The molecule has 29 heavy (non-hydrogen) atoms. The van der Waals surface area contributed by atoms with Crippen LogP contribution >= 0.6 is 0 Å². The highest BCUT2D eigenvalue weighted by molar-refractivity contribution is 7.92. The fourth-order valence-corrected chi connectivity index (χ4v) is 3.78. The van der Waals surface area contributed by atoms with Crippen LogP contribution < -0.4 is 14.8 Å². The summed E-state index contributed by atoms with van der Waals surface area (Å²) in [5, 5.41) is 9.64. The Morgan fingerprint density at radius 1 is 1.07 bits per heavy atom. The first-order chi connectivity index (χ1) is 13.8. The molecule has 0 spiro atoms. The Hall–Kier alpha value is -3.40. The molecule has 1 amide bonds. The lowest BCUT2D eigenvalue weighted by Gasteiger charge is -2.08. The number of carbonyl (C=O) groups is 1. The highest BCUT2D eigenvalue weighted by Crippen LogP contribution is 2.32. The molecule has 0 fully saturated rings. The Labute approximate surface area is 166 Å². The molecule has 4 rings (SSSR count). The number of nitrogens with one attached hydrogen (secondary N) is 1. The molecule has 9 nitrogen and oxygen atoms in total. The Morgan fingerprint density at radius 2 is 1.86 bits per heavy atom.